The van der Waals surface area contributed by atoms with Gasteiger partial charge >= 0.3 is 6.18 Å². The van der Waals surface area contributed by atoms with E-state index in [9.17, 15) is 18.0 Å². The van der Waals surface area contributed by atoms with E-state index < -0.39 is 18.1 Å². The van der Waals surface area contributed by atoms with Gasteiger partial charge in [-0.25, -0.2) is 4.52 Å². The fraction of sp³-hybridized carbons (Fsp3) is 0.450. The molecule has 0 radical (unpaired) electrons. The second-order valence-corrected chi connectivity index (χ2v) is 8.03. The van der Waals surface area contributed by atoms with E-state index in [1.54, 1.807) is 28.5 Å². The lowest BCUT2D eigenvalue weighted by molar-refractivity contribution is -0.201. The molecule has 2 N–H and O–H groups in total. The fourth-order valence-corrected chi connectivity index (χ4v) is 3.73. The molecule has 4 heterocycles. The number of rotatable bonds is 6. The van der Waals surface area contributed by atoms with Gasteiger partial charge in [-0.15, -0.1) is 0 Å². The van der Waals surface area contributed by atoms with Crippen molar-refractivity contribution in [1.29, 1.82) is 0 Å². The van der Waals surface area contributed by atoms with Gasteiger partial charge in [0, 0.05) is 37.3 Å². The van der Waals surface area contributed by atoms with E-state index >= 15 is 0 Å². The zero-order valence-electron chi connectivity index (χ0n) is 16.7. The van der Waals surface area contributed by atoms with Crippen molar-refractivity contribution in [2.24, 2.45) is 18.9 Å². The molecule has 8 nitrogen and oxygen atoms in total. The smallest absolute Gasteiger partial charge is 0.394 e. The lowest BCUT2D eigenvalue weighted by Gasteiger charge is -2.38. The first-order valence-electron chi connectivity index (χ1n) is 10.0. The van der Waals surface area contributed by atoms with Crippen molar-refractivity contribution in [3.63, 3.8) is 0 Å². The summed E-state index contributed by atoms with van der Waals surface area (Å²) in [5.74, 6) is -0.461. The number of hydrogen-bond donors (Lipinski definition) is 2. The molecular formula is C20H21F3N6O2. The molecule has 0 bridgehead atoms. The summed E-state index contributed by atoms with van der Waals surface area (Å²) in [5.41, 5.74) is 2.18. The maximum absolute atomic E-state index is 13.0. The molecule has 3 aromatic heterocycles. The van der Waals surface area contributed by atoms with Crippen LogP contribution >= 0.6 is 0 Å². The minimum atomic E-state index is -4.24. The molecule has 31 heavy (non-hydrogen) atoms. The molecule has 2 aliphatic rings. The Morgan fingerprint density at radius 2 is 2.16 bits per heavy atom. The Morgan fingerprint density at radius 3 is 2.84 bits per heavy atom. The summed E-state index contributed by atoms with van der Waals surface area (Å²) in [5, 5.41) is 14.2. The third-order valence-electron chi connectivity index (χ3n) is 5.77. The van der Waals surface area contributed by atoms with Gasteiger partial charge in [-0.3, -0.25) is 9.48 Å². The minimum Gasteiger partial charge on any atom is -0.488 e. The number of anilines is 1. The van der Waals surface area contributed by atoms with Crippen LogP contribution < -0.4 is 15.4 Å². The van der Waals surface area contributed by atoms with Gasteiger partial charge in [0.1, 0.15) is 12.3 Å². The molecule has 1 aliphatic heterocycles. The van der Waals surface area contributed by atoms with Gasteiger partial charge in [-0.1, -0.05) is 0 Å². The third kappa shape index (κ3) is 3.85. The van der Waals surface area contributed by atoms with E-state index in [2.05, 4.69) is 20.8 Å². The molecule has 0 unspecified atom stereocenters. The van der Waals surface area contributed by atoms with Crippen LogP contribution in [0.4, 0.5) is 19.0 Å². The average molecular weight is 434 g/mol. The summed E-state index contributed by atoms with van der Waals surface area (Å²) < 4.78 is 47.8. The number of aromatic nitrogens is 4. The van der Waals surface area contributed by atoms with Crippen LogP contribution in [0.3, 0.4) is 0 Å². The molecule has 1 amide bonds. The van der Waals surface area contributed by atoms with E-state index in [1.807, 2.05) is 12.1 Å². The first-order valence-corrected chi connectivity index (χ1v) is 10.0. The van der Waals surface area contributed by atoms with E-state index in [0.29, 0.717) is 17.3 Å². The van der Waals surface area contributed by atoms with Crippen molar-refractivity contribution in [3.8, 4) is 17.0 Å². The Labute approximate surface area is 175 Å². The van der Waals surface area contributed by atoms with Gasteiger partial charge in [0.25, 0.3) is 0 Å². The van der Waals surface area contributed by atoms with Crippen molar-refractivity contribution in [1.82, 2.24) is 24.7 Å². The number of aryl methyl sites for hydroxylation is 1. The number of fused-ring (bicyclic) bond motifs is 1. The lowest BCUT2D eigenvalue weighted by atomic mass is 9.92. The summed E-state index contributed by atoms with van der Waals surface area (Å²) in [7, 11) is 1.74. The zero-order chi connectivity index (χ0) is 21.8. The first-order chi connectivity index (χ1) is 14.8. The van der Waals surface area contributed by atoms with Crippen molar-refractivity contribution >= 4 is 17.2 Å². The number of ether oxygens (including phenoxy) is 1. The van der Waals surface area contributed by atoms with Crippen LogP contribution in [-0.2, 0) is 11.8 Å². The Hall–Kier alpha value is -3.08. The monoisotopic (exact) mass is 434 g/mol. The van der Waals surface area contributed by atoms with Crippen LogP contribution in [0, 0.1) is 11.8 Å². The number of carbonyl (C=O) groups excluding carboxylic acids is 1. The molecule has 2 atom stereocenters. The van der Waals surface area contributed by atoms with Gasteiger partial charge in [-0.05, 0) is 25.0 Å². The van der Waals surface area contributed by atoms with Gasteiger partial charge in [-0.2, -0.15) is 23.4 Å². The lowest BCUT2D eigenvalue weighted by Crippen LogP contribution is -2.61. The van der Waals surface area contributed by atoms with Crippen LogP contribution in [-0.4, -0.2) is 50.7 Å². The highest BCUT2D eigenvalue weighted by atomic mass is 19.4. The predicted octanol–water partition coefficient (Wildman–Crippen LogP) is 2.61. The van der Waals surface area contributed by atoms with Gasteiger partial charge in [0.05, 0.1) is 23.7 Å². The molecule has 0 aromatic carbocycles. The maximum Gasteiger partial charge on any atom is 0.394 e. The number of nitrogens with zero attached hydrogens (tertiary/aromatic N) is 4. The normalized spacial score (nSPS) is 21.2. The van der Waals surface area contributed by atoms with Crippen molar-refractivity contribution < 1.29 is 22.7 Å². The topological polar surface area (TPSA) is 85.5 Å². The first kappa shape index (κ1) is 19.9. The Balaban J connectivity index is 1.35. The second-order valence-electron chi connectivity index (χ2n) is 8.03. The number of pyridine rings is 1. The number of amides is 1. The molecule has 1 saturated heterocycles. The quantitative estimate of drug-likeness (QED) is 0.623. The van der Waals surface area contributed by atoms with Crippen molar-refractivity contribution in [2.45, 2.75) is 25.1 Å². The highest BCUT2D eigenvalue weighted by Gasteiger charge is 2.50. The molecule has 1 saturated carbocycles. The van der Waals surface area contributed by atoms with Gasteiger partial charge in [0.2, 0.25) is 5.91 Å². The predicted molar refractivity (Wildman–Crippen MR) is 106 cm³/mol. The summed E-state index contributed by atoms with van der Waals surface area (Å²) in [6.45, 7) is -0.190. The Kier molecular flexibility index (Phi) is 4.65. The molecule has 164 valence electrons. The highest BCUT2D eigenvalue weighted by molar-refractivity contribution is 5.93. The maximum atomic E-state index is 13.0. The molecule has 2 fully saturated rings. The summed E-state index contributed by atoms with van der Waals surface area (Å²) in [6.07, 6.45) is 0.829. The number of hydrogen-bond acceptors (Lipinski definition) is 5. The van der Waals surface area contributed by atoms with E-state index in [-0.39, 0.29) is 25.0 Å². The summed E-state index contributed by atoms with van der Waals surface area (Å²) >= 11 is 0. The number of alkyl halides is 3. The largest absolute Gasteiger partial charge is 0.488 e. The SMILES string of the molecule is Cn1ncc(OC[C@@H]2NC[C@H]2C(F)(F)F)c1-c1ccn2nc(NC(=O)C3CC3)cc2c1. The van der Waals surface area contributed by atoms with Crippen LogP contribution in [0.1, 0.15) is 12.8 Å². The standard InChI is InChI=1S/C20H21F3N6O2/c1-28-18(16(9-25-28)31-10-15-14(8-24-15)20(21,22)23)12-4-5-29-13(6-12)7-17(27-29)26-19(30)11-2-3-11/h4-7,9,11,14-15,24H,2-3,8,10H2,1H3,(H,26,27,30)/t14-,15+/m1/s1. The zero-order valence-corrected chi connectivity index (χ0v) is 16.7. The Bertz CT molecular complexity index is 1130. The molecule has 0 spiro atoms. The van der Waals surface area contributed by atoms with Crippen LogP contribution in [0.2, 0.25) is 0 Å². The number of nitrogens with one attached hydrogen (secondary N) is 2. The van der Waals surface area contributed by atoms with E-state index in [1.165, 1.54) is 6.20 Å². The highest BCUT2D eigenvalue weighted by Crippen LogP contribution is 2.35. The molecule has 5 rings (SSSR count). The van der Waals surface area contributed by atoms with Crippen LogP contribution in [0.5, 0.6) is 5.75 Å². The number of carbonyl (C=O) groups is 1. The fourth-order valence-electron chi connectivity index (χ4n) is 3.73. The van der Waals surface area contributed by atoms with Crippen LogP contribution in [0.25, 0.3) is 16.8 Å². The average Bonchev–Trinajstić information content (AvgIpc) is 3.35. The van der Waals surface area contributed by atoms with E-state index in [0.717, 1.165) is 23.9 Å². The summed E-state index contributed by atoms with van der Waals surface area (Å²) in [4.78, 5) is 12.0. The van der Waals surface area contributed by atoms with Crippen molar-refractivity contribution in [3.05, 3.63) is 30.6 Å². The van der Waals surface area contributed by atoms with Gasteiger partial charge < -0.3 is 15.4 Å². The number of halogens is 3. The molecule has 3 aromatic rings. The van der Waals surface area contributed by atoms with E-state index in [4.69, 9.17) is 4.74 Å². The molecule has 11 heteroatoms. The van der Waals surface area contributed by atoms with Gasteiger partial charge in [0.15, 0.2) is 11.6 Å². The summed E-state index contributed by atoms with van der Waals surface area (Å²) in [6, 6.07) is 4.68. The third-order valence-corrected chi connectivity index (χ3v) is 5.77. The Morgan fingerprint density at radius 1 is 1.35 bits per heavy atom. The van der Waals surface area contributed by atoms with Crippen LogP contribution in [0.15, 0.2) is 30.6 Å². The van der Waals surface area contributed by atoms with Crippen molar-refractivity contribution in [2.75, 3.05) is 18.5 Å². The molecular weight excluding hydrogens is 413 g/mol. The second kappa shape index (κ2) is 7.26. The molecule has 1 aliphatic carbocycles. The minimum absolute atomic E-state index is 0.0206.